The van der Waals surface area contributed by atoms with Crippen molar-refractivity contribution in [2.24, 2.45) is 5.73 Å². The van der Waals surface area contributed by atoms with Gasteiger partial charge in [-0.25, -0.2) is 0 Å². The highest BCUT2D eigenvalue weighted by molar-refractivity contribution is 7.86. The Bertz CT molecular complexity index is 582. The van der Waals surface area contributed by atoms with Gasteiger partial charge in [-0.3, -0.25) is 9.35 Å². The number of carbonyl (C=O) groups excluding carboxylic acids is 1. The van der Waals surface area contributed by atoms with Crippen molar-refractivity contribution in [3.8, 4) is 5.75 Å². The number of ether oxygens (including phenoxy) is 1. The number of rotatable bonds is 6. The fraction of sp³-hybridized carbons (Fsp3) is 0.417. The van der Waals surface area contributed by atoms with E-state index in [4.69, 9.17) is 26.6 Å². The lowest BCUT2D eigenvalue weighted by molar-refractivity contribution is -0.131. The first kappa shape index (κ1) is 16.9. The van der Waals surface area contributed by atoms with E-state index < -0.39 is 33.3 Å². The fourth-order valence-corrected chi connectivity index (χ4v) is 1.88. The Morgan fingerprint density at radius 3 is 2.35 bits per heavy atom. The molecule has 0 aliphatic heterocycles. The van der Waals surface area contributed by atoms with Crippen LogP contribution in [-0.2, 0) is 14.9 Å². The van der Waals surface area contributed by atoms with Gasteiger partial charge in [0.25, 0.3) is 10.1 Å². The van der Waals surface area contributed by atoms with E-state index in [0.29, 0.717) is 10.8 Å². The minimum atomic E-state index is -4.45. The summed E-state index contributed by atoms with van der Waals surface area (Å²) >= 11 is 5.73. The Labute approximate surface area is 122 Å². The number of halogens is 1. The molecule has 1 atom stereocenters. The Hall–Kier alpha value is -1.15. The van der Waals surface area contributed by atoms with Crippen molar-refractivity contribution < 1.29 is 22.5 Å². The molecule has 0 aliphatic rings. The largest absolute Gasteiger partial charge is 0.480 e. The zero-order valence-electron chi connectivity index (χ0n) is 11.0. The van der Waals surface area contributed by atoms with Crippen LogP contribution in [0.5, 0.6) is 5.75 Å². The zero-order chi connectivity index (χ0) is 15.6. The molecule has 0 saturated heterocycles. The molecule has 0 fully saturated rings. The SMILES string of the molecule is CC(C)(Oc1ccc(Cl)cc1)C(=O)CC(N)S(=O)(=O)O. The summed E-state index contributed by atoms with van der Waals surface area (Å²) in [6.45, 7) is 2.97. The lowest BCUT2D eigenvalue weighted by Gasteiger charge is -2.25. The minimum absolute atomic E-state index is 0.410. The third-order valence-electron chi connectivity index (χ3n) is 2.63. The van der Waals surface area contributed by atoms with Gasteiger partial charge in [0.1, 0.15) is 11.1 Å². The summed E-state index contributed by atoms with van der Waals surface area (Å²) in [7, 11) is -4.45. The molecule has 1 unspecified atom stereocenters. The molecule has 112 valence electrons. The lowest BCUT2D eigenvalue weighted by atomic mass is 10.0. The predicted molar refractivity (Wildman–Crippen MR) is 75.3 cm³/mol. The number of hydrogen-bond donors (Lipinski definition) is 2. The molecule has 1 aromatic rings. The summed E-state index contributed by atoms with van der Waals surface area (Å²) in [5.74, 6) is -0.134. The molecular weight excluding hydrogens is 306 g/mol. The summed E-state index contributed by atoms with van der Waals surface area (Å²) in [5.41, 5.74) is 3.95. The maximum Gasteiger partial charge on any atom is 0.281 e. The summed E-state index contributed by atoms with van der Waals surface area (Å²) in [6, 6.07) is 6.36. The number of nitrogens with two attached hydrogens (primary N) is 1. The van der Waals surface area contributed by atoms with Crippen molar-refractivity contribution in [3.63, 3.8) is 0 Å². The first-order valence-corrected chi connectivity index (χ1v) is 7.60. The molecule has 1 aromatic carbocycles. The molecule has 0 saturated carbocycles. The maximum absolute atomic E-state index is 12.0. The topological polar surface area (TPSA) is 107 Å². The summed E-state index contributed by atoms with van der Waals surface area (Å²) < 4.78 is 35.9. The van der Waals surface area contributed by atoms with Crippen LogP contribution in [0.15, 0.2) is 24.3 Å². The van der Waals surface area contributed by atoms with E-state index in [9.17, 15) is 13.2 Å². The molecule has 0 spiro atoms. The maximum atomic E-state index is 12.0. The molecule has 0 aromatic heterocycles. The number of Topliss-reactive ketones (excluding diaryl/α,β-unsaturated/α-hetero) is 1. The van der Waals surface area contributed by atoms with Crippen LogP contribution in [0.25, 0.3) is 0 Å². The van der Waals surface area contributed by atoms with Gasteiger partial charge in [-0.05, 0) is 38.1 Å². The predicted octanol–water partition coefficient (Wildman–Crippen LogP) is 1.63. The van der Waals surface area contributed by atoms with Crippen LogP contribution >= 0.6 is 11.6 Å². The lowest BCUT2D eigenvalue weighted by Crippen LogP contribution is -2.43. The van der Waals surface area contributed by atoms with E-state index >= 15 is 0 Å². The Morgan fingerprint density at radius 2 is 1.90 bits per heavy atom. The van der Waals surface area contributed by atoms with E-state index in [0.717, 1.165) is 0 Å². The highest BCUT2D eigenvalue weighted by atomic mass is 35.5. The third-order valence-corrected chi connectivity index (χ3v) is 3.81. The van der Waals surface area contributed by atoms with Gasteiger partial charge in [-0.2, -0.15) is 8.42 Å². The molecular formula is C12H16ClNO5S. The highest BCUT2D eigenvalue weighted by Gasteiger charge is 2.33. The molecule has 0 amide bonds. The van der Waals surface area contributed by atoms with Crippen LogP contribution in [0.3, 0.4) is 0 Å². The van der Waals surface area contributed by atoms with Crippen molar-refractivity contribution in [3.05, 3.63) is 29.3 Å². The number of hydrogen-bond acceptors (Lipinski definition) is 5. The molecule has 0 radical (unpaired) electrons. The Kier molecular flexibility index (Phi) is 5.15. The van der Waals surface area contributed by atoms with Crippen LogP contribution in [0.2, 0.25) is 5.02 Å². The molecule has 0 heterocycles. The summed E-state index contributed by atoms with van der Waals surface area (Å²) in [5, 5.41) is -1.14. The van der Waals surface area contributed by atoms with Gasteiger partial charge in [-0.15, -0.1) is 0 Å². The van der Waals surface area contributed by atoms with Gasteiger partial charge in [-0.1, -0.05) is 11.6 Å². The number of carbonyl (C=O) groups is 1. The summed E-state index contributed by atoms with van der Waals surface area (Å²) in [4.78, 5) is 12.0. The average Bonchev–Trinajstić information content (AvgIpc) is 2.30. The second-order valence-corrected chi connectivity index (χ2v) is 6.82. The molecule has 0 bridgehead atoms. The normalized spacial score (nSPS) is 13.8. The fourth-order valence-electron chi connectivity index (χ4n) is 1.39. The molecule has 3 N–H and O–H groups in total. The first-order chi connectivity index (χ1) is 9.02. The van der Waals surface area contributed by atoms with Gasteiger partial charge in [0.15, 0.2) is 11.4 Å². The van der Waals surface area contributed by atoms with Gasteiger partial charge in [0.2, 0.25) is 0 Å². The van der Waals surface area contributed by atoms with E-state index in [1.54, 1.807) is 24.3 Å². The smallest absolute Gasteiger partial charge is 0.281 e. The van der Waals surface area contributed by atoms with Crippen molar-refractivity contribution >= 4 is 27.5 Å². The molecule has 0 aliphatic carbocycles. The summed E-state index contributed by atoms with van der Waals surface area (Å²) in [6.07, 6.45) is -0.542. The van der Waals surface area contributed by atoms with Crippen molar-refractivity contribution in [1.82, 2.24) is 0 Å². The first-order valence-electron chi connectivity index (χ1n) is 5.72. The van der Waals surface area contributed by atoms with E-state index in [1.165, 1.54) is 13.8 Å². The number of ketones is 1. The van der Waals surface area contributed by atoms with Gasteiger partial charge >= 0.3 is 0 Å². The highest BCUT2D eigenvalue weighted by Crippen LogP contribution is 2.22. The van der Waals surface area contributed by atoms with E-state index in [2.05, 4.69) is 0 Å². The third kappa shape index (κ3) is 4.75. The van der Waals surface area contributed by atoms with Crippen molar-refractivity contribution in [1.29, 1.82) is 0 Å². The van der Waals surface area contributed by atoms with Gasteiger partial charge in [0, 0.05) is 11.4 Å². The second-order valence-electron chi connectivity index (χ2n) is 4.75. The molecule has 20 heavy (non-hydrogen) atoms. The monoisotopic (exact) mass is 321 g/mol. The Balaban J connectivity index is 2.77. The van der Waals surface area contributed by atoms with Crippen LogP contribution in [0.1, 0.15) is 20.3 Å². The average molecular weight is 322 g/mol. The van der Waals surface area contributed by atoms with Crippen LogP contribution < -0.4 is 10.5 Å². The van der Waals surface area contributed by atoms with Crippen LogP contribution in [-0.4, -0.2) is 29.7 Å². The number of benzene rings is 1. The molecule has 8 heteroatoms. The van der Waals surface area contributed by atoms with Gasteiger partial charge < -0.3 is 10.5 Å². The van der Waals surface area contributed by atoms with Crippen molar-refractivity contribution in [2.45, 2.75) is 31.2 Å². The second kappa shape index (κ2) is 6.09. The van der Waals surface area contributed by atoms with E-state index in [1.807, 2.05) is 0 Å². The van der Waals surface area contributed by atoms with Crippen LogP contribution in [0, 0.1) is 0 Å². The Morgan fingerprint density at radius 1 is 1.40 bits per heavy atom. The zero-order valence-corrected chi connectivity index (χ0v) is 12.6. The van der Waals surface area contributed by atoms with Crippen molar-refractivity contribution in [2.75, 3.05) is 0 Å². The van der Waals surface area contributed by atoms with Gasteiger partial charge in [0.05, 0.1) is 0 Å². The van der Waals surface area contributed by atoms with Crippen LogP contribution in [0.4, 0.5) is 0 Å². The molecule has 1 rings (SSSR count). The standard InChI is InChI=1S/C12H16ClNO5S/c1-12(2,10(15)7-11(14)20(16,17)18)19-9-5-3-8(13)4-6-9/h3-6,11H,7,14H2,1-2H3,(H,16,17,18). The van der Waals surface area contributed by atoms with E-state index in [-0.39, 0.29) is 0 Å². The quantitative estimate of drug-likeness (QED) is 0.771. The molecule has 6 nitrogen and oxygen atoms in total. The minimum Gasteiger partial charge on any atom is -0.480 e.